The summed E-state index contributed by atoms with van der Waals surface area (Å²) in [5.41, 5.74) is 3.25. The predicted molar refractivity (Wildman–Crippen MR) is 144 cm³/mol. The van der Waals surface area contributed by atoms with Gasteiger partial charge in [-0.05, 0) is 71.5 Å². The Morgan fingerprint density at radius 3 is 2.65 bits per heavy atom. The minimum Gasteiger partial charge on any atom is -0.497 e. The van der Waals surface area contributed by atoms with Gasteiger partial charge in [-0.25, -0.2) is 4.98 Å². The molecule has 0 saturated carbocycles. The summed E-state index contributed by atoms with van der Waals surface area (Å²) in [6, 6.07) is 20.6. The molecule has 34 heavy (non-hydrogen) atoms. The fraction of sp³-hybridized carbons (Fsp3) is 0.148. The van der Waals surface area contributed by atoms with Crippen molar-refractivity contribution >= 4 is 56.7 Å². The lowest BCUT2D eigenvalue weighted by Crippen LogP contribution is -2.27. The van der Waals surface area contributed by atoms with Crippen molar-refractivity contribution in [1.82, 2.24) is 9.55 Å². The van der Waals surface area contributed by atoms with Crippen LogP contribution in [-0.2, 0) is 4.79 Å². The van der Waals surface area contributed by atoms with Crippen LogP contribution < -0.4 is 15.2 Å². The molecule has 0 radical (unpaired) electrons. The first kappa shape index (κ1) is 22.3. The minimum atomic E-state index is -0.201. The van der Waals surface area contributed by atoms with Crippen LogP contribution in [0.3, 0.4) is 0 Å². The van der Waals surface area contributed by atoms with Gasteiger partial charge in [0.15, 0.2) is 0 Å². The van der Waals surface area contributed by atoms with Gasteiger partial charge < -0.3 is 9.64 Å². The quantitative estimate of drug-likeness (QED) is 0.245. The number of hydrogen-bond acceptors (Lipinski definition) is 4. The highest BCUT2D eigenvalue weighted by Crippen LogP contribution is 2.37. The van der Waals surface area contributed by atoms with Crippen LogP contribution in [0.15, 0.2) is 71.5 Å². The van der Waals surface area contributed by atoms with E-state index < -0.39 is 0 Å². The van der Waals surface area contributed by atoms with E-state index in [1.165, 1.54) is 0 Å². The van der Waals surface area contributed by atoms with Crippen LogP contribution in [0.1, 0.15) is 24.7 Å². The number of para-hydroxylation sites is 1. The van der Waals surface area contributed by atoms with Crippen LogP contribution in [0.5, 0.6) is 5.75 Å². The van der Waals surface area contributed by atoms with Gasteiger partial charge in [0.2, 0.25) is 0 Å². The number of fused-ring (bicyclic) bond motifs is 2. The summed E-state index contributed by atoms with van der Waals surface area (Å²) in [6.07, 6.45) is 2.57. The van der Waals surface area contributed by atoms with Gasteiger partial charge in [0.05, 0.1) is 35.0 Å². The Morgan fingerprint density at radius 1 is 1.03 bits per heavy atom. The average Bonchev–Trinajstić information content (AvgIpc) is 3.11. The van der Waals surface area contributed by atoms with Gasteiger partial charge in [-0.15, -0.1) is 0 Å². The second kappa shape index (κ2) is 9.06. The third kappa shape index (κ3) is 3.79. The van der Waals surface area contributed by atoms with E-state index in [9.17, 15) is 9.59 Å². The molecule has 1 aliphatic heterocycles. The number of benzene rings is 3. The molecule has 6 nitrogen and oxygen atoms in total. The maximum Gasteiger partial charge on any atom is 0.266 e. The van der Waals surface area contributed by atoms with E-state index in [0.29, 0.717) is 40.3 Å². The van der Waals surface area contributed by atoms with E-state index >= 15 is 0 Å². The van der Waals surface area contributed by atoms with Crippen molar-refractivity contribution in [2.45, 2.75) is 13.3 Å². The van der Waals surface area contributed by atoms with Gasteiger partial charge in [-0.1, -0.05) is 31.2 Å². The number of methoxy groups -OCH3 is 1. The molecule has 4 aromatic rings. The van der Waals surface area contributed by atoms with Crippen LogP contribution in [-0.4, -0.2) is 29.1 Å². The second-order valence-electron chi connectivity index (χ2n) is 8.01. The molecule has 3 aromatic carbocycles. The molecule has 1 amide bonds. The minimum absolute atomic E-state index is 0.0859. The van der Waals surface area contributed by atoms with Gasteiger partial charge >= 0.3 is 0 Å². The first-order chi connectivity index (χ1) is 16.5. The molecule has 0 spiro atoms. The molecule has 0 fully saturated rings. The summed E-state index contributed by atoms with van der Waals surface area (Å²) in [5, 5.41) is 0.516. The number of carbonyl (C=O) groups excluding carboxylic acids is 1. The molecule has 7 heteroatoms. The van der Waals surface area contributed by atoms with Crippen molar-refractivity contribution in [3.05, 3.63) is 92.0 Å². The number of rotatable bonds is 5. The lowest BCUT2D eigenvalue weighted by atomic mass is 10.1. The largest absolute Gasteiger partial charge is 0.497 e. The van der Waals surface area contributed by atoms with Crippen LogP contribution in [0.4, 0.5) is 5.69 Å². The topological polar surface area (TPSA) is 64.4 Å². The molecule has 1 aromatic heterocycles. The lowest BCUT2D eigenvalue weighted by molar-refractivity contribution is -0.113. The Labute approximate surface area is 210 Å². The molecular formula is C27H22IN3O3. The normalized spacial score (nSPS) is 14.1. The number of amides is 1. The van der Waals surface area contributed by atoms with Crippen LogP contribution in [0, 0.1) is 3.57 Å². The molecule has 0 saturated heterocycles. The Hall–Kier alpha value is -3.46. The van der Waals surface area contributed by atoms with Crippen molar-refractivity contribution in [2.24, 2.45) is 0 Å². The zero-order valence-corrected chi connectivity index (χ0v) is 20.9. The van der Waals surface area contributed by atoms with Gasteiger partial charge in [0.25, 0.3) is 11.5 Å². The molecule has 0 atom stereocenters. The summed E-state index contributed by atoms with van der Waals surface area (Å²) < 4.78 is 7.88. The smallest absolute Gasteiger partial charge is 0.266 e. The number of hydrogen-bond donors (Lipinski definition) is 0. The second-order valence-corrected chi connectivity index (χ2v) is 9.25. The number of ether oxygens (including phenoxy) is 1. The van der Waals surface area contributed by atoms with Crippen molar-refractivity contribution in [3.63, 3.8) is 0 Å². The molecule has 0 N–H and O–H groups in total. The third-order valence-electron chi connectivity index (χ3n) is 5.85. The van der Waals surface area contributed by atoms with Gasteiger partial charge in [-0.2, -0.15) is 0 Å². The van der Waals surface area contributed by atoms with E-state index in [0.717, 1.165) is 21.2 Å². The summed E-state index contributed by atoms with van der Waals surface area (Å²) in [7, 11) is 1.59. The van der Waals surface area contributed by atoms with E-state index in [2.05, 4.69) is 22.6 Å². The monoisotopic (exact) mass is 563 g/mol. The molecular weight excluding hydrogens is 541 g/mol. The van der Waals surface area contributed by atoms with Gasteiger partial charge in [0.1, 0.15) is 11.6 Å². The highest BCUT2D eigenvalue weighted by atomic mass is 127. The molecule has 0 bridgehead atoms. The average molecular weight is 563 g/mol. The van der Waals surface area contributed by atoms with Crippen LogP contribution >= 0.6 is 22.6 Å². The van der Waals surface area contributed by atoms with Crippen molar-refractivity contribution in [2.75, 3.05) is 18.6 Å². The molecule has 2 heterocycles. The van der Waals surface area contributed by atoms with Crippen LogP contribution in [0.2, 0.25) is 0 Å². The van der Waals surface area contributed by atoms with E-state index in [1.54, 1.807) is 28.7 Å². The summed E-state index contributed by atoms with van der Waals surface area (Å²) in [4.78, 5) is 33.8. The third-order valence-corrected chi connectivity index (χ3v) is 6.52. The van der Waals surface area contributed by atoms with Crippen molar-refractivity contribution in [1.29, 1.82) is 0 Å². The number of aromatic nitrogens is 2. The highest BCUT2D eigenvalue weighted by Gasteiger charge is 2.32. The first-order valence-electron chi connectivity index (χ1n) is 11.0. The molecule has 0 aliphatic carbocycles. The Balaban J connectivity index is 1.80. The molecule has 0 unspecified atom stereocenters. The van der Waals surface area contributed by atoms with E-state index in [-0.39, 0.29) is 11.5 Å². The zero-order chi connectivity index (χ0) is 23.8. The van der Waals surface area contributed by atoms with Crippen molar-refractivity contribution in [3.8, 4) is 11.4 Å². The van der Waals surface area contributed by atoms with Gasteiger partial charge in [-0.3, -0.25) is 14.2 Å². The Bertz CT molecular complexity index is 1520. The van der Waals surface area contributed by atoms with E-state index in [1.807, 2.05) is 67.6 Å². The Kier molecular flexibility index (Phi) is 5.95. The first-order valence-corrected chi connectivity index (χ1v) is 12.1. The van der Waals surface area contributed by atoms with Gasteiger partial charge in [0, 0.05) is 21.7 Å². The fourth-order valence-corrected chi connectivity index (χ4v) is 4.78. The maximum atomic E-state index is 13.7. The molecule has 170 valence electrons. The molecule has 1 aliphatic rings. The number of halogens is 1. The lowest BCUT2D eigenvalue weighted by Gasteiger charge is -2.15. The van der Waals surface area contributed by atoms with E-state index in [4.69, 9.17) is 9.72 Å². The number of nitrogens with zero attached hydrogens (tertiary/aromatic N) is 3. The van der Waals surface area contributed by atoms with Crippen molar-refractivity contribution < 1.29 is 9.53 Å². The maximum absolute atomic E-state index is 13.7. The Morgan fingerprint density at radius 2 is 1.85 bits per heavy atom. The molecule has 5 rings (SSSR count). The summed E-state index contributed by atoms with van der Waals surface area (Å²) in [6.45, 7) is 2.67. The standard InChI is InChI=1S/C27H22IN3O3/c1-3-13-30-24-10-5-4-9-20(24)21(26(30)32)16-25-29-23-12-11-17(28)14-22(23)27(33)31(25)18-7-6-8-19(15-18)34-2/h4-12,14-16H,3,13H2,1-2H3/b21-16-. The van der Waals surface area contributed by atoms with Crippen LogP contribution in [0.25, 0.3) is 28.2 Å². The summed E-state index contributed by atoms with van der Waals surface area (Å²) in [5.74, 6) is 0.933. The highest BCUT2D eigenvalue weighted by molar-refractivity contribution is 14.1. The predicted octanol–water partition coefficient (Wildman–Crippen LogP) is 5.30. The number of anilines is 1. The fourth-order valence-electron chi connectivity index (χ4n) is 4.29. The zero-order valence-electron chi connectivity index (χ0n) is 18.8. The SMILES string of the molecule is CCCN1C(=O)/C(=C\c2nc3ccc(I)cc3c(=O)n2-c2cccc(OC)c2)c2ccccc21. The summed E-state index contributed by atoms with van der Waals surface area (Å²) >= 11 is 2.19. The number of carbonyl (C=O) groups is 1.